The molecule has 9 nitrogen and oxygen atoms in total. The number of carbonyl (C=O) groups is 2. The molecule has 9 heteroatoms. The third kappa shape index (κ3) is 4.58. The van der Waals surface area contributed by atoms with Crippen LogP contribution in [-0.4, -0.2) is 29.0 Å². The van der Waals surface area contributed by atoms with Gasteiger partial charge in [-0.3, -0.25) is 19.7 Å². The van der Waals surface area contributed by atoms with Gasteiger partial charge in [-0.1, -0.05) is 0 Å². The molecule has 0 aromatic carbocycles. The highest BCUT2D eigenvalue weighted by Crippen LogP contribution is 2.13. The van der Waals surface area contributed by atoms with Crippen molar-refractivity contribution in [2.45, 2.75) is 19.9 Å². The molecule has 1 heterocycles. The molecule has 102 valence electrons. The van der Waals surface area contributed by atoms with Crippen molar-refractivity contribution in [3.63, 3.8) is 0 Å². The Morgan fingerprint density at radius 2 is 2.11 bits per heavy atom. The normalized spacial score (nSPS) is 10.7. The number of rotatable bonds is 4. The summed E-state index contributed by atoms with van der Waals surface area (Å²) in [5.74, 6) is -2.12. The second-order valence-corrected chi connectivity index (χ2v) is 3.76. The fourth-order valence-electron chi connectivity index (χ4n) is 1.04. The summed E-state index contributed by atoms with van der Waals surface area (Å²) >= 11 is 0. The third-order valence-corrected chi connectivity index (χ3v) is 1.78. The zero-order valence-corrected chi connectivity index (χ0v) is 10.2. The zero-order chi connectivity index (χ0) is 14.4. The van der Waals surface area contributed by atoms with E-state index in [1.807, 2.05) is 5.43 Å². The van der Waals surface area contributed by atoms with Gasteiger partial charge in [0.25, 0.3) is 0 Å². The van der Waals surface area contributed by atoms with E-state index in [0.29, 0.717) is 0 Å². The first-order valence-corrected chi connectivity index (χ1v) is 5.28. The van der Waals surface area contributed by atoms with Crippen molar-refractivity contribution in [2.75, 3.05) is 0 Å². The Hall–Kier alpha value is -2.71. The Kier molecular flexibility index (Phi) is 4.75. The van der Waals surface area contributed by atoms with Crippen LogP contribution in [0.15, 0.2) is 21.7 Å². The van der Waals surface area contributed by atoms with E-state index in [4.69, 9.17) is 4.42 Å². The van der Waals surface area contributed by atoms with Gasteiger partial charge in [-0.15, -0.1) is 0 Å². The van der Waals surface area contributed by atoms with E-state index in [0.717, 1.165) is 12.3 Å². The topological polar surface area (TPSA) is 127 Å². The first kappa shape index (κ1) is 14.4. The van der Waals surface area contributed by atoms with Crippen LogP contribution in [0.4, 0.5) is 5.88 Å². The molecule has 0 bridgehead atoms. The van der Waals surface area contributed by atoms with Crippen LogP contribution < -0.4 is 10.7 Å². The second kappa shape index (κ2) is 6.28. The molecule has 0 aliphatic heterocycles. The van der Waals surface area contributed by atoms with Crippen molar-refractivity contribution in [3.05, 3.63) is 28.0 Å². The fourth-order valence-corrected chi connectivity index (χ4v) is 1.04. The zero-order valence-electron chi connectivity index (χ0n) is 10.2. The summed E-state index contributed by atoms with van der Waals surface area (Å²) in [4.78, 5) is 32.0. The van der Waals surface area contributed by atoms with Crippen molar-refractivity contribution in [1.29, 1.82) is 0 Å². The van der Waals surface area contributed by atoms with E-state index >= 15 is 0 Å². The summed E-state index contributed by atoms with van der Waals surface area (Å²) in [5.41, 5.74) is 1.96. The lowest BCUT2D eigenvalue weighted by Crippen LogP contribution is -2.41. The Bertz CT molecular complexity index is 520. The van der Waals surface area contributed by atoms with Crippen LogP contribution in [0.1, 0.15) is 19.6 Å². The SMILES string of the molecule is CC(C)NC(=O)C(=O)N/N=C\c1ccc([N+](=O)[O-])o1. The van der Waals surface area contributed by atoms with E-state index in [1.54, 1.807) is 13.8 Å². The van der Waals surface area contributed by atoms with Crippen molar-refractivity contribution in [3.8, 4) is 0 Å². The van der Waals surface area contributed by atoms with Gasteiger partial charge < -0.3 is 9.73 Å². The van der Waals surface area contributed by atoms with Gasteiger partial charge in [0.1, 0.15) is 4.92 Å². The average Bonchev–Trinajstić information content (AvgIpc) is 2.76. The van der Waals surface area contributed by atoms with Gasteiger partial charge in [0.05, 0.1) is 12.3 Å². The molecule has 0 radical (unpaired) electrons. The van der Waals surface area contributed by atoms with Crippen LogP contribution in [0.25, 0.3) is 0 Å². The molecule has 0 spiro atoms. The maximum Gasteiger partial charge on any atom is 0.433 e. The number of carbonyl (C=O) groups excluding carboxylic acids is 2. The van der Waals surface area contributed by atoms with E-state index in [2.05, 4.69) is 10.4 Å². The molecule has 0 unspecified atom stereocenters. The molecular weight excluding hydrogens is 256 g/mol. The van der Waals surface area contributed by atoms with Crippen molar-refractivity contribution in [2.24, 2.45) is 5.10 Å². The fraction of sp³-hybridized carbons (Fsp3) is 0.300. The van der Waals surface area contributed by atoms with Gasteiger partial charge >= 0.3 is 17.7 Å². The minimum Gasteiger partial charge on any atom is -0.400 e. The lowest BCUT2D eigenvalue weighted by molar-refractivity contribution is -0.402. The van der Waals surface area contributed by atoms with Crippen molar-refractivity contribution in [1.82, 2.24) is 10.7 Å². The van der Waals surface area contributed by atoms with Crippen molar-refractivity contribution < 1.29 is 18.9 Å². The van der Waals surface area contributed by atoms with Crippen LogP contribution in [0.3, 0.4) is 0 Å². The molecule has 2 amide bonds. The smallest absolute Gasteiger partial charge is 0.400 e. The number of nitrogens with zero attached hydrogens (tertiary/aromatic N) is 2. The van der Waals surface area contributed by atoms with Gasteiger partial charge in [-0.25, -0.2) is 5.43 Å². The van der Waals surface area contributed by atoms with Crippen molar-refractivity contribution >= 4 is 23.9 Å². The molecular formula is C10H12N4O5. The number of nitro groups is 1. The highest BCUT2D eigenvalue weighted by atomic mass is 16.6. The van der Waals surface area contributed by atoms with Crippen LogP contribution in [0, 0.1) is 10.1 Å². The molecule has 0 saturated heterocycles. The van der Waals surface area contributed by atoms with Crippen LogP contribution >= 0.6 is 0 Å². The largest absolute Gasteiger partial charge is 0.433 e. The maximum atomic E-state index is 11.2. The first-order chi connectivity index (χ1) is 8.90. The minimum atomic E-state index is -0.939. The van der Waals surface area contributed by atoms with Gasteiger partial charge in [0.15, 0.2) is 5.76 Å². The summed E-state index contributed by atoms with van der Waals surface area (Å²) < 4.78 is 4.75. The molecule has 0 saturated carbocycles. The molecule has 1 aromatic rings. The Balaban J connectivity index is 2.51. The number of hydrazone groups is 1. The lowest BCUT2D eigenvalue weighted by atomic mass is 10.4. The van der Waals surface area contributed by atoms with E-state index in [9.17, 15) is 19.7 Å². The summed E-state index contributed by atoms with van der Waals surface area (Å²) in [6.07, 6.45) is 1.05. The highest BCUT2D eigenvalue weighted by molar-refractivity contribution is 6.35. The van der Waals surface area contributed by atoms with Gasteiger partial charge in [0, 0.05) is 6.04 Å². The first-order valence-electron chi connectivity index (χ1n) is 5.28. The Morgan fingerprint density at radius 3 is 2.63 bits per heavy atom. The summed E-state index contributed by atoms with van der Waals surface area (Å²) in [6.45, 7) is 3.41. The molecule has 2 N–H and O–H groups in total. The summed E-state index contributed by atoms with van der Waals surface area (Å²) in [5, 5.41) is 16.1. The Labute approximate surface area is 107 Å². The lowest BCUT2D eigenvalue weighted by Gasteiger charge is -2.05. The molecule has 1 rings (SSSR count). The Morgan fingerprint density at radius 1 is 1.42 bits per heavy atom. The van der Waals surface area contributed by atoms with Gasteiger partial charge in [-0.05, 0) is 19.9 Å². The van der Waals surface area contributed by atoms with Gasteiger partial charge in [-0.2, -0.15) is 5.10 Å². The maximum absolute atomic E-state index is 11.2. The van der Waals surface area contributed by atoms with Crippen LogP contribution in [-0.2, 0) is 9.59 Å². The molecule has 0 atom stereocenters. The monoisotopic (exact) mass is 268 g/mol. The number of hydrogen-bond donors (Lipinski definition) is 2. The van der Waals surface area contributed by atoms with E-state index in [1.165, 1.54) is 6.07 Å². The minimum absolute atomic E-state index is 0.0799. The predicted octanol–water partition coefficient (Wildman–Crippen LogP) is 0.162. The average molecular weight is 268 g/mol. The van der Waals surface area contributed by atoms with E-state index in [-0.39, 0.29) is 11.8 Å². The molecule has 0 aliphatic rings. The highest BCUT2D eigenvalue weighted by Gasteiger charge is 2.13. The quantitative estimate of drug-likeness (QED) is 0.348. The third-order valence-electron chi connectivity index (χ3n) is 1.78. The van der Waals surface area contributed by atoms with Crippen LogP contribution in [0.5, 0.6) is 0 Å². The molecule has 19 heavy (non-hydrogen) atoms. The number of amides is 2. The number of furan rings is 1. The molecule has 0 aliphatic carbocycles. The predicted molar refractivity (Wildman–Crippen MR) is 64.4 cm³/mol. The second-order valence-electron chi connectivity index (χ2n) is 3.76. The van der Waals surface area contributed by atoms with Gasteiger partial charge in [0.2, 0.25) is 0 Å². The number of hydrogen-bond acceptors (Lipinski definition) is 6. The summed E-state index contributed by atoms with van der Waals surface area (Å²) in [7, 11) is 0. The standard InChI is InChI=1S/C10H12N4O5/c1-6(2)12-9(15)10(16)13-11-5-7-3-4-8(19-7)14(17)18/h3-6H,1-2H3,(H,12,15)(H,13,16)/b11-5-. The number of nitrogens with one attached hydrogen (secondary N) is 2. The summed E-state index contributed by atoms with van der Waals surface area (Å²) in [6, 6.07) is 2.28. The molecule has 0 fully saturated rings. The van der Waals surface area contributed by atoms with E-state index < -0.39 is 22.6 Å². The molecule has 1 aromatic heterocycles. The van der Waals surface area contributed by atoms with Crippen LogP contribution in [0.2, 0.25) is 0 Å².